The lowest BCUT2D eigenvalue weighted by molar-refractivity contribution is 0.777. The Kier molecular flexibility index (Phi) is 2.60. The number of hydrogen-bond acceptors (Lipinski definition) is 3. The highest BCUT2D eigenvalue weighted by Gasteiger charge is 2.00. The highest BCUT2D eigenvalue weighted by atomic mass is 16.1. The van der Waals surface area contributed by atoms with Gasteiger partial charge in [-0.1, -0.05) is 18.2 Å². The molecule has 0 saturated carbocycles. The van der Waals surface area contributed by atoms with Gasteiger partial charge in [0, 0.05) is 18.8 Å². The van der Waals surface area contributed by atoms with Gasteiger partial charge in [0.2, 0.25) is 5.43 Å². The zero-order chi connectivity index (χ0) is 10.7. The van der Waals surface area contributed by atoms with E-state index in [1.165, 1.54) is 6.07 Å². The molecule has 0 bridgehead atoms. The van der Waals surface area contributed by atoms with Crippen LogP contribution >= 0.6 is 0 Å². The highest BCUT2D eigenvalue weighted by Crippen LogP contribution is 2.03. The van der Waals surface area contributed by atoms with Crippen LogP contribution in [0.5, 0.6) is 0 Å². The first-order chi connectivity index (χ1) is 7.31. The van der Waals surface area contributed by atoms with Crippen molar-refractivity contribution in [2.75, 3.05) is 0 Å². The van der Waals surface area contributed by atoms with Crippen molar-refractivity contribution in [2.45, 2.75) is 6.54 Å². The van der Waals surface area contributed by atoms with E-state index >= 15 is 0 Å². The van der Waals surface area contributed by atoms with Crippen molar-refractivity contribution in [3.63, 3.8) is 0 Å². The van der Waals surface area contributed by atoms with Crippen LogP contribution in [0.15, 0.2) is 47.4 Å². The SMILES string of the molecule is NCc1nn(-c2ccccc2)ccc1=O. The van der Waals surface area contributed by atoms with Gasteiger partial charge in [0.1, 0.15) is 5.69 Å². The summed E-state index contributed by atoms with van der Waals surface area (Å²) in [4.78, 5) is 11.3. The first-order valence-corrected chi connectivity index (χ1v) is 4.65. The number of nitrogens with zero attached hydrogens (tertiary/aromatic N) is 2. The normalized spacial score (nSPS) is 10.2. The Morgan fingerprint density at radius 2 is 1.93 bits per heavy atom. The van der Waals surface area contributed by atoms with Crippen LogP contribution in [0.4, 0.5) is 0 Å². The van der Waals surface area contributed by atoms with Crippen molar-refractivity contribution in [3.8, 4) is 5.69 Å². The molecule has 1 heterocycles. The van der Waals surface area contributed by atoms with E-state index in [-0.39, 0.29) is 12.0 Å². The van der Waals surface area contributed by atoms with E-state index in [9.17, 15) is 4.79 Å². The quantitative estimate of drug-likeness (QED) is 0.777. The summed E-state index contributed by atoms with van der Waals surface area (Å²) in [5.74, 6) is 0. The van der Waals surface area contributed by atoms with Crippen LogP contribution in [0.2, 0.25) is 0 Å². The third-order valence-electron chi connectivity index (χ3n) is 2.09. The zero-order valence-corrected chi connectivity index (χ0v) is 8.13. The largest absolute Gasteiger partial charge is 0.325 e. The molecule has 2 rings (SSSR count). The Morgan fingerprint density at radius 3 is 2.60 bits per heavy atom. The molecule has 4 heteroatoms. The molecule has 15 heavy (non-hydrogen) atoms. The second-order valence-electron chi connectivity index (χ2n) is 3.11. The molecule has 1 aromatic carbocycles. The van der Waals surface area contributed by atoms with Gasteiger partial charge in [-0.05, 0) is 12.1 Å². The van der Waals surface area contributed by atoms with Crippen molar-refractivity contribution < 1.29 is 0 Å². The van der Waals surface area contributed by atoms with Crippen molar-refractivity contribution in [3.05, 3.63) is 58.5 Å². The monoisotopic (exact) mass is 201 g/mol. The minimum absolute atomic E-state index is 0.121. The van der Waals surface area contributed by atoms with E-state index in [2.05, 4.69) is 5.10 Å². The first-order valence-electron chi connectivity index (χ1n) is 4.65. The Morgan fingerprint density at radius 1 is 1.20 bits per heavy atom. The molecule has 0 atom stereocenters. The van der Waals surface area contributed by atoms with E-state index in [1.54, 1.807) is 10.9 Å². The number of benzene rings is 1. The lowest BCUT2D eigenvalue weighted by Gasteiger charge is -2.05. The summed E-state index contributed by atoms with van der Waals surface area (Å²) in [6.45, 7) is 0.159. The van der Waals surface area contributed by atoms with Crippen LogP contribution in [0.1, 0.15) is 5.69 Å². The van der Waals surface area contributed by atoms with Gasteiger partial charge in [-0.25, -0.2) is 4.68 Å². The molecular formula is C11H11N3O. The topological polar surface area (TPSA) is 60.9 Å². The molecule has 2 N–H and O–H groups in total. The Bertz CT molecular complexity index is 505. The van der Waals surface area contributed by atoms with Crippen LogP contribution in [0.3, 0.4) is 0 Å². The number of nitrogens with two attached hydrogens (primary N) is 1. The number of para-hydroxylation sites is 1. The van der Waals surface area contributed by atoms with Gasteiger partial charge in [0.15, 0.2) is 0 Å². The van der Waals surface area contributed by atoms with E-state index in [0.29, 0.717) is 5.69 Å². The third kappa shape index (κ3) is 1.94. The molecule has 0 aliphatic rings. The molecule has 1 aromatic heterocycles. The summed E-state index contributed by atoms with van der Waals surface area (Å²) in [6.07, 6.45) is 1.64. The molecule has 0 radical (unpaired) electrons. The molecule has 0 aliphatic heterocycles. The van der Waals surface area contributed by atoms with E-state index < -0.39 is 0 Å². The highest BCUT2D eigenvalue weighted by molar-refractivity contribution is 5.29. The maximum Gasteiger partial charge on any atom is 0.204 e. The number of hydrogen-bond donors (Lipinski definition) is 1. The molecular weight excluding hydrogens is 190 g/mol. The van der Waals surface area contributed by atoms with E-state index in [1.807, 2.05) is 30.3 Å². The lowest BCUT2D eigenvalue weighted by Crippen LogP contribution is -2.18. The predicted octanol–water partition coefficient (Wildman–Crippen LogP) is 0.691. The van der Waals surface area contributed by atoms with Crippen LogP contribution in [-0.2, 0) is 6.54 Å². The summed E-state index contributed by atoms with van der Waals surface area (Å²) in [7, 11) is 0. The molecule has 4 nitrogen and oxygen atoms in total. The van der Waals surface area contributed by atoms with Gasteiger partial charge in [-0.3, -0.25) is 4.79 Å². The van der Waals surface area contributed by atoms with Gasteiger partial charge in [-0.15, -0.1) is 0 Å². The van der Waals surface area contributed by atoms with Crippen molar-refractivity contribution in [1.82, 2.24) is 9.78 Å². The minimum atomic E-state index is -0.121. The van der Waals surface area contributed by atoms with Gasteiger partial charge in [0.25, 0.3) is 0 Å². The summed E-state index contributed by atoms with van der Waals surface area (Å²) >= 11 is 0. The Labute approximate surface area is 87.0 Å². The van der Waals surface area contributed by atoms with Crippen LogP contribution in [0, 0.1) is 0 Å². The molecule has 0 unspecified atom stereocenters. The van der Waals surface area contributed by atoms with Crippen molar-refractivity contribution in [2.24, 2.45) is 5.73 Å². The molecule has 0 amide bonds. The Balaban J connectivity index is 2.51. The fraction of sp³-hybridized carbons (Fsp3) is 0.0909. The van der Waals surface area contributed by atoms with E-state index in [4.69, 9.17) is 5.73 Å². The molecule has 2 aromatic rings. The summed E-state index contributed by atoms with van der Waals surface area (Å²) in [5.41, 5.74) is 6.59. The van der Waals surface area contributed by atoms with Crippen LogP contribution < -0.4 is 11.2 Å². The maximum atomic E-state index is 11.3. The van der Waals surface area contributed by atoms with Gasteiger partial charge in [-0.2, -0.15) is 5.10 Å². The predicted molar refractivity (Wildman–Crippen MR) is 57.7 cm³/mol. The average molecular weight is 201 g/mol. The van der Waals surface area contributed by atoms with Gasteiger partial charge < -0.3 is 5.73 Å². The second-order valence-corrected chi connectivity index (χ2v) is 3.11. The zero-order valence-electron chi connectivity index (χ0n) is 8.13. The fourth-order valence-corrected chi connectivity index (χ4v) is 1.31. The fourth-order valence-electron chi connectivity index (χ4n) is 1.31. The van der Waals surface area contributed by atoms with E-state index in [0.717, 1.165) is 5.69 Å². The molecule has 0 spiro atoms. The van der Waals surface area contributed by atoms with Crippen LogP contribution in [0.25, 0.3) is 5.69 Å². The standard InChI is InChI=1S/C11H11N3O/c12-8-10-11(15)6-7-14(13-10)9-4-2-1-3-5-9/h1-7H,8,12H2. The van der Waals surface area contributed by atoms with Crippen molar-refractivity contribution >= 4 is 0 Å². The molecule has 0 saturated heterocycles. The summed E-state index contributed by atoms with van der Waals surface area (Å²) in [5, 5.41) is 4.14. The first kappa shape index (κ1) is 9.61. The number of aromatic nitrogens is 2. The number of rotatable bonds is 2. The van der Waals surface area contributed by atoms with Gasteiger partial charge in [0.05, 0.1) is 5.69 Å². The summed E-state index contributed by atoms with van der Waals surface area (Å²) < 4.78 is 1.64. The third-order valence-corrected chi connectivity index (χ3v) is 2.09. The maximum absolute atomic E-state index is 11.3. The molecule has 76 valence electrons. The molecule has 0 fully saturated rings. The van der Waals surface area contributed by atoms with Gasteiger partial charge >= 0.3 is 0 Å². The molecule has 0 aliphatic carbocycles. The lowest BCUT2D eigenvalue weighted by atomic mass is 10.3. The minimum Gasteiger partial charge on any atom is -0.325 e. The summed E-state index contributed by atoms with van der Waals surface area (Å²) in [6, 6.07) is 11.1. The average Bonchev–Trinajstić information content (AvgIpc) is 2.31. The van der Waals surface area contributed by atoms with Crippen molar-refractivity contribution in [1.29, 1.82) is 0 Å². The Hall–Kier alpha value is -1.94. The smallest absolute Gasteiger partial charge is 0.204 e. The second kappa shape index (κ2) is 4.06. The van der Waals surface area contributed by atoms with Crippen LogP contribution in [-0.4, -0.2) is 9.78 Å².